The zero-order valence-electron chi connectivity index (χ0n) is 39.0. The maximum absolute atomic E-state index is 14.4. The smallest absolute Gasteiger partial charge is 0.341 e. The molecule has 2 atom stereocenters. The average molecular weight is 1070 g/mol. The summed E-state index contributed by atoms with van der Waals surface area (Å²) in [4.78, 5) is 96.0. The van der Waals surface area contributed by atoms with Crippen molar-refractivity contribution in [1.29, 1.82) is 0 Å². The SMILES string of the molecule is C.COc1ccnc2[nH]cc(C(=O)C(=O)N3CCN(C(=O)c4c(F)c(F)c(N=[N+]=[N-])c(F)c4F)C[C@H]3C)c12.COc1ccnc2[nH]cc(C(=O)C(=O)N3CCNC[C@H]3C)c12.[N-]=[N+]=Nc1c(F)c(F)c(C(=O)O)c(F)c1F. The molecule has 2 aliphatic rings. The normalized spacial score (nSPS) is 14.9. The first-order valence-electron chi connectivity index (χ1n) is 21.4. The number of carbonyl (C=O) groups is 6. The first-order valence-corrected chi connectivity index (χ1v) is 21.4. The number of methoxy groups -OCH3 is 2. The summed E-state index contributed by atoms with van der Waals surface area (Å²) < 4.78 is 119. The van der Waals surface area contributed by atoms with Crippen molar-refractivity contribution in [1.82, 2.24) is 40.0 Å². The van der Waals surface area contributed by atoms with Crippen molar-refractivity contribution in [2.45, 2.75) is 33.4 Å². The molecule has 2 aromatic carbocycles. The van der Waals surface area contributed by atoms with E-state index in [1.807, 2.05) is 11.8 Å². The van der Waals surface area contributed by atoms with Gasteiger partial charge in [0.1, 0.15) is 45.3 Å². The first-order chi connectivity index (χ1) is 35.7. The van der Waals surface area contributed by atoms with Crippen molar-refractivity contribution in [2.24, 2.45) is 10.2 Å². The summed E-state index contributed by atoms with van der Waals surface area (Å²) in [5, 5.41) is 17.3. The molecule has 0 radical (unpaired) electrons. The molecule has 6 aromatic rings. The molecule has 2 aliphatic heterocycles. The van der Waals surface area contributed by atoms with Crippen LogP contribution in [-0.2, 0) is 9.59 Å². The van der Waals surface area contributed by atoms with E-state index >= 15 is 0 Å². The van der Waals surface area contributed by atoms with Gasteiger partial charge in [-0.3, -0.25) is 24.0 Å². The highest BCUT2D eigenvalue weighted by Gasteiger charge is 2.38. The summed E-state index contributed by atoms with van der Waals surface area (Å²) in [6, 6.07) is 2.39. The molecule has 400 valence electrons. The number of fused-ring (bicyclic) bond motifs is 2. The maximum atomic E-state index is 14.4. The van der Waals surface area contributed by atoms with E-state index in [-0.39, 0.29) is 38.7 Å². The molecule has 2 fully saturated rings. The summed E-state index contributed by atoms with van der Waals surface area (Å²) in [5.41, 5.74) is 11.0. The Morgan fingerprint density at radius 1 is 0.658 bits per heavy atom. The molecule has 3 amide bonds. The Kier molecular flexibility index (Phi) is 18.3. The number of H-pyrrole nitrogens is 2. The summed E-state index contributed by atoms with van der Waals surface area (Å²) in [6.45, 7) is 4.54. The van der Waals surface area contributed by atoms with E-state index in [1.165, 1.54) is 50.7 Å². The second-order valence-electron chi connectivity index (χ2n) is 15.8. The zero-order chi connectivity index (χ0) is 55.2. The molecule has 0 bridgehead atoms. The molecule has 4 aromatic heterocycles. The quantitative estimate of drug-likeness (QED) is 0.0195. The van der Waals surface area contributed by atoms with Gasteiger partial charge in [0, 0.05) is 86.0 Å². The molecule has 6 heterocycles. The number of carboxylic acid groups (broad SMARTS) is 1. The van der Waals surface area contributed by atoms with Crippen LogP contribution in [0.4, 0.5) is 46.5 Å². The topological polar surface area (TPSA) is 318 Å². The number of benzene rings is 2. The minimum atomic E-state index is -2.18. The number of nitrogens with one attached hydrogen (secondary N) is 3. The predicted molar refractivity (Wildman–Crippen MR) is 249 cm³/mol. The van der Waals surface area contributed by atoms with Gasteiger partial charge in [0.25, 0.3) is 29.3 Å². The van der Waals surface area contributed by atoms with Crippen molar-refractivity contribution in [2.75, 3.05) is 53.5 Å². The van der Waals surface area contributed by atoms with Gasteiger partial charge in [0.05, 0.1) is 36.1 Å². The van der Waals surface area contributed by atoms with Crippen LogP contribution in [0.15, 0.2) is 47.1 Å². The lowest BCUT2D eigenvalue weighted by atomic mass is 10.1. The van der Waals surface area contributed by atoms with Crippen LogP contribution in [0.1, 0.15) is 62.7 Å². The number of aromatic amines is 2. The number of hydrogen-bond donors (Lipinski definition) is 4. The maximum Gasteiger partial charge on any atom is 0.341 e. The van der Waals surface area contributed by atoms with E-state index < -0.39 is 110 Å². The number of pyridine rings is 2. The number of rotatable bonds is 10. The largest absolute Gasteiger partial charge is 0.496 e. The molecule has 2 saturated heterocycles. The molecule has 76 heavy (non-hydrogen) atoms. The van der Waals surface area contributed by atoms with Crippen LogP contribution in [-0.4, -0.2) is 141 Å². The molecule has 4 N–H and O–H groups in total. The molecule has 23 nitrogen and oxygen atoms in total. The third kappa shape index (κ3) is 11.0. The van der Waals surface area contributed by atoms with Gasteiger partial charge in [0.2, 0.25) is 0 Å². The Morgan fingerprint density at radius 3 is 1.46 bits per heavy atom. The molecular formula is C45H40F8N14O9. The Morgan fingerprint density at radius 2 is 1.08 bits per heavy atom. The monoisotopic (exact) mass is 1070 g/mol. The minimum Gasteiger partial charge on any atom is -0.496 e. The number of azide groups is 2. The second kappa shape index (κ2) is 24.1. The van der Waals surface area contributed by atoms with Gasteiger partial charge in [-0.2, -0.15) is 0 Å². The van der Waals surface area contributed by atoms with Crippen molar-refractivity contribution >= 4 is 68.7 Å². The standard InChI is InChI=1S/C22H17F4N7O4.C15H18N4O3.C7HF4N3O2.CH4/c1-9-8-32(21(35)13-14(23)16(25)18(30-31-27)17(26)15(13)24)5-6-33(9)22(36)19(34)10-7-29-20-12(10)11(37-2)3-4-28-20;1-9-7-16-5-6-19(9)15(21)13(20)10-8-18-14-12(10)11(22-2)3-4-17-14;8-2-1(7(15)16)3(9)5(11)6(4(2)10)13-14-12;/h3-4,7,9H,5-6,8H2,1-2H3,(H,28,29);3-4,8-9,16H,5-7H2,1-2H3,(H,17,18);(H,15,16);1H4/t2*9-;;/m11../s1. The van der Waals surface area contributed by atoms with E-state index in [1.54, 1.807) is 17.2 Å². The molecular weight excluding hydrogens is 1030 g/mol. The number of ketones is 2. The minimum absolute atomic E-state index is 0. The lowest BCUT2D eigenvalue weighted by Gasteiger charge is -2.39. The number of nitrogens with zero attached hydrogens (tertiary/aromatic N) is 11. The predicted octanol–water partition coefficient (Wildman–Crippen LogP) is 7.72. The molecule has 31 heteroatoms. The Hall–Kier alpha value is -9.34. The van der Waals surface area contributed by atoms with Gasteiger partial charge in [0.15, 0.2) is 46.5 Å². The van der Waals surface area contributed by atoms with E-state index in [0.29, 0.717) is 58.8 Å². The highest BCUT2D eigenvalue weighted by atomic mass is 19.2. The number of aromatic carboxylic acids is 1. The fraction of sp³-hybridized carbons (Fsp3) is 0.289. The third-order valence-electron chi connectivity index (χ3n) is 11.5. The Balaban J connectivity index is 0.000000232. The third-order valence-corrected chi connectivity index (χ3v) is 11.5. The van der Waals surface area contributed by atoms with Crippen LogP contribution in [0.25, 0.3) is 43.0 Å². The number of hydrogen-bond acceptors (Lipinski definition) is 13. The van der Waals surface area contributed by atoms with Gasteiger partial charge in [-0.05, 0) is 37.0 Å². The van der Waals surface area contributed by atoms with Crippen LogP contribution in [0, 0.1) is 46.5 Å². The number of aromatic nitrogens is 4. The van der Waals surface area contributed by atoms with E-state index in [2.05, 4.69) is 40.4 Å². The van der Waals surface area contributed by atoms with Crippen LogP contribution < -0.4 is 14.8 Å². The molecule has 8 rings (SSSR count). The number of ether oxygens (including phenoxy) is 2. The van der Waals surface area contributed by atoms with Crippen LogP contribution in [0.5, 0.6) is 11.5 Å². The highest BCUT2D eigenvalue weighted by Crippen LogP contribution is 2.34. The molecule has 0 aliphatic carbocycles. The van der Waals surface area contributed by atoms with E-state index in [0.717, 1.165) is 4.90 Å². The summed E-state index contributed by atoms with van der Waals surface area (Å²) in [7, 11) is 2.92. The number of carbonyl (C=O) groups excluding carboxylic acids is 5. The number of halogens is 8. The van der Waals surface area contributed by atoms with Gasteiger partial charge in [-0.25, -0.2) is 49.9 Å². The summed E-state index contributed by atoms with van der Waals surface area (Å²) in [6.07, 6.45) is 5.89. The number of Topliss-reactive ketones (excluding diaryl/α,β-unsaturated/α-hetero) is 2. The lowest BCUT2D eigenvalue weighted by Crippen LogP contribution is -2.57. The van der Waals surface area contributed by atoms with Gasteiger partial charge < -0.3 is 44.6 Å². The van der Waals surface area contributed by atoms with Crippen molar-refractivity contribution in [3.05, 3.63) is 127 Å². The van der Waals surface area contributed by atoms with Gasteiger partial charge >= 0.3 is 5.97 Å². The summed E-state index contributed by atoms with van der Waals surface area (Å²) in [5.74, 6) is -22.0. The first kappa shape index (κ1) is 57.6. The van der Waals surface area contributed by atoms with Gasteiger partial charge in [-0.1, -0.05) is 17.7 Å². The number of piperazine rings is 2. The molecule has 0 saturated carbocycles. The number of carboxylic acids is 1. The Labute approximate surface area is 421 Å². The summed E-state index contributed by atoms with van der Waals surface area (Å²) >= 11 is 0. The van der Waals surface area contributed by atoms with Crippen LogP contribution >= 0.6 is 0 Å². The highest BCUT2D eigenvalue weighted by molar-refractivity contribution is 6.45. The number of amides is 3. The fourth-order valence-electron chi connectivity index (χ4n) is 7.87. The zero-order valence-corrected chi connectivity index (χ0v) is 39.0. The van der Waals surface area contributed by atoms with Crippen LogP contribution in [0.2, 0.25) is 0 Å². The van der Waals surface area contributed by atoms with E-state index in [4.69, 9.17) is 25.6 Å². The lowest BCUT2D eigenvalue weighted by molar-refractivity contribution is -0.130. The Bertz CT molecular complexity index is 3330. The molecule has 0 spiro atoms. The average Bonchev–Trinajstić information content (AvgIpc) is 4.05. The van der Waals surface area contributed by atoms with E-state index in [9.17, 15) is 63.9 Å². The second-order valence-corrected chi connectivity index (χ2v) is 15.8. The fourth-order valence-corrected chi connectivity index (χ4v) is 7.87. The van der Waals surface area contributed by atoms with Gasteiger partial charge in [-0.15, -0.1) is 0 Å². The van der Waals surface area contributed by atoms with Crippen LogP contribution in [0.3, 0.4) is 0 Å². The van der Waals surface area contributed by atoms with Crippen molar-refractivity contribution in [3.63, 3.8) is 0 Å². The van der Waals surface area contributed by atoms with Crippen molar-refractivity contribution < 1.29 is 78.5 Å². The van der Waals surface area contributed by atoms with Crippen molar-refractivity contribution in [3.8, 4) is 11.5 Å². The molecule has 0 unspecified atom stereocenters.